The lowest BCUT2D eigenvalue weighted by molar-refractivity contribution is -0.122. The Labute approximate surface area is 120 Å². The van der Waals surface area contributed by atoms with Crippen LogP contribution in [0.2, 0.25) is 0 Å². The highest BCUT2D eigenvalue weighted by Crippen LogP contribution is 2.28. The predicted octanol–water partition coefficient (Wildman–Crippen LogP) is 2.71. The van der Waals surface area contributed by atoms with Crippen LogP contribution in [0.1, 0.15) is 38.2 Å². The van der Waals surface area contributed by atoms with Gasteiger partial charge < -0.3 is 5.32 Å². The van der Waals surface area contributed by atoms with E-state index in [4.69, 9.17) is 0 Å². The molecule has 1 aromatic rings. The van der Waals surface area contributed by atoms with Crippen LogP contribution in [0.4, 0.5) is 4.39 Å². The molecule has 1 fully saturated rings. The molecule has 20 heavy (non-hydrogen) atoms. The molecule has 1 aliphatic rings. The quantitative estimate of drug-likeness (QED) is 0.742. The van der Waals surface area contributed by atoms with Crippen LogP contribution >= 0.6 is 0 Å². The van der Waals surface area contributed by atoms with Crippen LogP contribution in [-0.4, -0.2) is 29.9 Å². The Balaban J connectivity index is 1.88. The Morgan fingerprint density at radius 1 is 1.40 bits per heavy atom. The van der Waals surface area contributed by atoms with Gasteiger partial charge in [0.2, 0.25) is 5.91 Å². The molecule has 1 N–H and O–H groups in total. The maximum Gasteiger partial charge on any atom is 0.234 e. The van der Waals surface area contributed by atoms with Crippen molar-refractivity contribution >= 4 is 5.91 Å². The van der Waals surface area contributed by atoms with E-state index in [0.717, 1.165) is 32.2 Å². The van der Waals surface area contributed by atoms with Crippen molar-refractivity contribution in [3.8, 4) is 0 Å². The first-order valence-electron chi connectivity index (χ1n) is 7.45. The van der Waals surface area contributed by atoms with Crippen LogP contribution in [0, 0.1) is 5.82 Å². The molecule has 2 rings (SSSR count). The highest BCUT2D eigenvalue weighted by atomic mass is 19.1. The van der Waals surface area contributed by atoms with E-state index in [1.54, 1.807) is 12.1 Å². The van der Waals surface area contributed by atoms with Crippen molar-refractivity contribution < 1.29 is 9.18 Å². The molecular formula is C16H23FN2O. The average molecular weight is 278 g/mol. The number of carbonyl (C=O) groups is 1. The first-order chi connectivity index (χ1) is 9.70. The van der Waals surface area contributed by atoms with E-state index in [1.165, 1.54) is 6.07 Å². The molecule has 1 aromatic carbocycles. The minimum absolute atomic E-state index is 0.0432. The largest absolute Gasteiger partial charge is 0.355 e. The molecule has 1 amide bonds. The average Bonchev–Trinajstić information content (AvgIpc) is 3.25. The van der Waals surface area contributed by atoms with E-state index in [0.29, 0.717) is 24.7 Å². The second kappa shape index (κ2) is 7.39. The fraction of sp³-hybridized carbons (Fsp3) is 0.562. The van der Waals surface area contributed by atoms with Gasteiger partial charge in [0.05, 0.1) is 6.54 Å². The summed E-state index contributed by atoms with van der Waals surface area (Å²) in [6.45, 7) is 3.70. The number of hydrogen-bond acceptors (Lipinski definition) is 2. The molecule has 4 heteroatoms. The van der Waals surface area contributed by atoms with Crippen molar-refractivity contribution in [1.29, 1.82) is 0 Å². The van der Waals surface area contributed by atoms with Gasteiger partial charge in [-0.25, -0.2) is 4.39 Å². The fourth-order valence-electron chi connectivity index (χ4n) is 2.24. The zero-order valence-electron chi connectivity index (χ0n) is 12.1. The Bertz CT molecular complexity index is 446. The van der Waals surface area contributed by atoms with Crippen LogP contribution in [0.25, 0.3) is 0 Å². The summed E-state index contributed by atoms with van der Waals surface area (Å²) in [5, 5.41) is 2.92. The third-order valence-electron chi connectivity index (χ3n) is 3.59. The topological polar surface area (TPSA) is 32.3 Å². The summed E-state index contributed by atoms with van der Waals surface area (Å²) in [6.07, 6.45) is 4.29. The lowest BCUT2D eigenvalue weighted by atomic mass is 10.2. The highest BCUT2D eigenvalue weighted by molar-refractivity contribution is 5.78. The summed E-state index contributed by atoms with van der Waals surface area (Å²) in [4.78, 5) is 14.0. The number of rotatable bonds is 8. The van der Waals surface area contributed by atoms with Crippen molar-refractivity contribution in [3.05, 3.63) is 35.6 Å². The second-order valence-corrected chi connectivity index (χ2v) is 5.43. The van der Waals surface area contributed by atoms with Gasteiger partial charge in [0.1, 0.15) is 5.82 Å². The highest BCUT2D eigenvalue weighted by Gasteiger charge is 2.30. The molecule has 0 spiro atoms. The molecule has 3 nitrogen and oxygen atoms in total. The van der Waals surface area contributed by atoms with Gasteiger partial charge in [0.25, 0.3) is 0 Å². The maximum atomic E-state index is 13.7. The summed E-state index contributed by atoms with van der Waals surface area (Å²) >= 11 is 0. The first kappa shape index (κ1) is 15.0. The van der Waals surface area contributed by atoms with Gasteiger partial charge in [-0.1, -0.05) is 31.5 Å². The van der Waals surface area contributed by atoms with Crippen LogP contribution < -0.4 is 5.32 Å². The number of nitrogens with zero attached hydrogens (tertiary/aromatic N) is 1. The van der Waals surface area contributed by atoms with Crippen LogP contribution in [0.5, 0.6) is 0 Å². The van der Waals surface area contributed by atoms with Gasteiger partial charge in [-0.05, 0) is 25.3 Å². The Morgan fingerprint density at radius 3 is 2.80 bits per heavy atom. The molecule has 1 aliphatic carbocycles. The Morgan fingerprint density at radius 2 is 2.15 bits per heavy atom. The third-order valence-corrected chi connectivity index (χ3v) is 3.59. The van der Waals surface area contributed by atoms with Gasteiger partial charge in [-0.15, -0.1) is 0 Å². The molecule has 0 aromatic heterocycles. The Kier molecular flexibility index (Phi) is 5.53. The van der Waals surface area contributed by atoms with Crippen molar-refractivity contribution in [1.82, 2.24) is 10.2 Å². The van der Waals surface area contributed by atoms with Gasteiger partial charge in [-0.3, -0.25) is 9.69 Å². The molecule has 0 saturated heterocycles. The minimum atomic E-state index is -0.190. The van der Waals surface area contributed by atoms with Crippen molar-refractivity contribution in [2.75, 3.05) is 13.1 Å². The standard InChI is InChI=1S/C16H23FN2O/c1-2-3-10-18-16(20)12-19(14-8-9-14)11-13-6-4-5-7-15(13)17/h4-7,14H,2-3,8-12H2,1H3,(H,18,20). The number of hydrogen-bond donors (Lipinski definition) is 1. The van der Waals surface area contributed by atoms with E-state index in [9.17, 15) is 9.18 Å². The molecule has 0 unspecified atom stereocenters. The summed E-state index contributed by atoms with van der Waals surface area (Å²) in [6, 6.07) is 7.23. The molecule has 1 saturated carbocycles. The van der Waals surface area contributed by atoms with Crippen LogP contribution in [0.3, 0.4) is 0 Å². The second-order valence-electron chi connectivity index (χ2n) is 5.43. The lowest BCUT2D eigenvalue weighted by Gasteiger charge is -2.21. The zero-order valence-corrected chi connectivity index (χ0v) is 12.1. The summed E-state index contributed by atoms with van der Waals surface area (Å²) in [7, 11) is 0. The first-order valence-corrected chi connectivity index (χ1v) is 7.45. The fourth-order valence-corrected chi connectivity index (χ4v) is 2.24. The van der Waals surface area contributed by atoms with E-state index in [-0.39, 0.29) is 11.7 Å². The summed E-state index contributed by atoms with van der Waals surface area (Å²) in [5.74, 6) is -0.147. The van der Waals surface area contributed by atoms with Crippen molar-refractivity contribution in [2.24, 2.45) is 0 Å². The van der Waals surface area contributed by atoms with E-state index in [2.05, 4.69) is 17.1 Å². The van der Waals surface area contributed by atoms with E-state index < -0.39 is 0 Å². The molecule has 110 valence electrons. The van der Waals surface area contributed by atoms with Gasteiger partial charge >= 0.3 is 0 Å². The van der Waals surface area contributed by atoms with Crippen molar-refractivity contribution in [2.45, 2.75) is 45.2 Å². The van der Waals surface area contributed by atoms with Crippen LogP contribution in [-0.2, 0) is 11.3 Å². The maximum absolute atomic E-state index is 13.7. The van der Waals surface area contributed by atoms with Gasteiger partial charge in [0, 0.05) is 24.7 Å². The number of halogens is 1. The number of amides is 1. The van der Waals surface area contributed by atoms with E-state index in [1.807, 2.05) is 6.07 Å². The smallest absolute Gasteiger partial charge is 0.234 e. The predicted molar refractivity (Wildman–Crippen MR) is 77.7 cm³/mol. The van der Waals surface area contributed by atoms with Gasteiger partial charge in [0.15, 0.2) is 0 Å². The van der Waals surface area contributed by atoms with Gasteiger partial charge in [-0.2, -0.15) is 0 Å². The SMILES string of the molecule is CCCCNC(=O)CN(Cc1ccccc1F)C1CC1. The molecule has 0 atom stereocenters. The number of carbonyl (C=O) groups excluding carboxylic acids is 1. The number of benzene rings is 1. The summed E-state index contributed by atoms with van der Waals surface area (Å²) < 4.78 is 13.7. The molecule has 0 radical (unpaired) electrons. The minimum Gasteiger partial charge on any atom is -0.355 e. The molecule has 0 aliphatic heterocycles. The van der Waals surface area contributed by atoms with Crippen LogP contribution in [0.15, 0.2) is 24.3 Å². The molecular weight excluding hydrogens is 255 g/mol. The molecule has 0 bridgehead atoms. The number of unbranched alkanes of at least 4 members (excludes halogenated alkanes) is 1. The lowest BCUT2D eigenvalue weighted by Crippen LogP contribution is -2.38. The van der Waals surface area contributed by atoms with Crippen molar-refractivity contribution in [3.63, 3.8) is 0 Å². The zero-order chi connectivity index (χ0) is 14.4. The third kappa shape index (κ3) is 4.60. The van der Waals surface area contributed by atoms with E-state index >= 15 is 0 Å². The number of nitrogens with one attached hydrogen (secondary N) is 1. The Hall–Kier alpha value is -1.42. The monoisotopic (exact) mass is 278 g/mol. The normalized spacial score (nSPS) is 14.6. The summed E-state index contributed by atoms with van der Waals surface area (Å²) in [5.41, 5.74) is 0.667. The molecule has 0 heterocycles.